The molecular formula is C15H24N2O. The van der Waals surface area contributed by atoms with Gasteiger partial charge in [-0.05, 0) is 37.6 Å². The van der Waals surface area contributed by atoms with Crippen LogP contribution in [0.15, 0.2) is 24.3 Å². The van der Waals surface area contributed by atoms with Crippen molar-refractivity contribution < 1.29 is 4.74 Å². The average Bonchev–Trinajstić information content (AvgIpc) is 2.39. The summed E-state index contributed by atoms with van der Waals surface area (Å²) in [6.07, 6.45) is 2.25. The van der Waals surface area contributed by atoms with Crippen molar-refractivity contribution >= 4 is 0 Å². The zero-order chi connectivity index (χ0) is 12.8. The van der Waals surface area contributed by atoms with E-state index in [0.717, 1.165) is 39.1 Å². The highest BCUT2D eigenvalue weighted by atomic mass is 16.5. The summed E-state index contributed by atoms with van der Waals surface area (Å²) < 4.78 is 5.10. The zero-order valence-electron chi connectivity index (χ0n) is 11.5. The molecule has 0 amide bonds. The van der Waals surface area contributed by atoms with Gasteiger partial charge in [-0.25, -0.2) is 0 Å². The third-order valence-corrected chi connectivity index (χ3v) is 3.60. The third kappa shape index (κ3) is 3.55. The SMILES string of the molecule is COCCCN(C)CC1NCCc2ccccc21. The Labute approximate surface area is 110 Å². The van der Waals surface area contributed by atoms with Gasteiger partial charge in [-0.2, -0.15) is 0 Å². The van der Waals surface area contributed by atoms with E-state index in [9.17, 15) is 0 Å². The first kappa shape index (κ1) is 13.5. The molecule has 1 aromatic carbocycles. The molecule has 1 atom stereocenters. The van der Waals surface area contributed by atoms with Crippen LogP contribution < -0.4 is 5.32 Å². The maximum Gasteiger partial charge on any atom is 0.0474 e. The quantitative estimate of drug-likeness (QED) is 0.778. The summed E-state index contributed by atoms with van der Waals surface area (Å²) in [6, 6.07) is 9.28. The van der Waals surface area contributed by atoms with E-state index in [2.05, 4.69) is 41.5 Å². The molecule has 0 fully saturated rings. The molecule has 0 spiro atoms. The number of hydrogen-bond acceptors (Lipinski definition) is 3. The Kier molecular flexibility index (Phi) is 5.17. The minimum atomic E-state index is 0.475. The Bertz CT molecular complexity index is 367. The highest BCUT2D eigenvalue weighted by Crippen LogP contribution is 2.23. The Morgan fingerprint density at radius 3 is 3.06 bits per heavy atom. The molecule has 1 unspecified atom stereocenters. The van der Waals surface area contributed by atoms with Gasteiger partial charge in [0.05, 0.1) is 0 Å². The van der Waals surface area contributed by atoms with Crippen molar-refractivity contribution in [2.24, 2.45) is 0 Å². The predicted octanol–water partition coefficient (Wildman–Crippen LogP) is 1.84. The smallest absolute Gasteiger partial charge is 0.0474 e. The molecule has 0 bridgehead atoms. The lowest BCUT2D eigenvalue weighted by atomic mass is 9.94. The number of nitrogens with zero attached hydrogens (tertiary/aromatic N) is 1. The van der Waals surface area contributed by atoms with E-state index in [1.165, 1.54) is 11.1 Å². The Morgan fingerprint density at radius 2 is 2.22 bits per heavy atom. The maximum absolute atomic E-state index is 5.10. The van der Waals surface area contributed by atoms with Gasteiger partial charge in [-0.15, -0.1) is 0 Å². The van der Waals surface area contributed by atoms with Gasteiger partial charge in [-0.3, -0.25) is 0 Å². The van der Waals surface area contributed by atoms with Gasteiger partial charge in [0.1, 0.15) is 0 Å². The molecular weight excluding hydrogens is 224 g/mol. The fourth-order valence-corrected chi connectivity index (χ4v) is 2.64. The van der Waals surface area contributed by atoms with Gasteiger partial charge in [0.15, 0.2) is 0 Å². The number of ether oxygens (including phenoxy) is 1. The van der Waals surface area contributed by atoms with Crippen LogP contribution in [-0.4, -0.2) is 45.3 Å². The molecule has 0 saturated carbocycles. The van der Waals surface area contributed by atoms with Gasteiger partial charge in [0.2, 0.25) is 0 Å². The van der Waals surface area contributed by atoms with Gasteiger partial charge < -0.3 is 15.0 Å². The minimum Gasteiger partial charge on any atom is -0.385 e. The number of fused-ring (bicyclic) bond motifs is 1. The number of methoxy groups -OCH3 is 1. The monoisotopic (exact) mass is 248 g/mol. The van der Waals surface area contributed by atoms with Crippen LogP contribution in [0.5, 0.6) is 0 Å². The first-order valence-corrected chi connectivity index (χ1v) is 6.80. The molecule has 0 aliphatic carbocycles. The van der Waals surface area contributed by atoms with Crippen molar-refractivity contribution in [2.45, 2.75) is 18.9 Å². The summed E-state index contributed by atoms with van der Waals surface area (Å²) in [7, 11) is 3.95. The number of likely N-dealkylation sites (N-methyl/N-ethyl adjacent to an activating group) is 1. The van der Waals surface area contributed by atoms with Gasteiger partial charge >= 0.3 is 0 Å². The Morgan fingerprint density at radius 1 is 1.39 bits per heavy atom. The molecule has 2 rings (SSSR count). The molecule has 0 aromatic heterocycles. The number of hydrogen-bond donors (Lipinski definition) is 1. The maximum atomic E-state index is 5.10. The molecule has 1 N–H and O–H groups in total. The summed E-state index contributed by atoms with van der Waals surface area (Å²) in [5.74, 6) is 0. The number of benzene rings is 1. The lowest BCUT2D eigenvalue weighted by molar-refractivity contribution is 0.175. The normalized spacial score (nSPS) is 18.9. The van der Waals surface area contributed by atoms with Crippen LogP contribution in [0.25, 0.3) is 0 Å². The standard InChI is InChI=1S/C15H24N2O/c1-17(10-5-11-18-2)12-15-14-7-4-3-6-13(14)8-9-16-15/h3-4,6-7,15-16H,5,8-12H2,1-2H3. The van der Waals surface area contributed by atoms with E-state index < -0.39 is 0 Å². The molecule has 0 saturated heterocycles. The van der Waals surface area contributed by atoms with E-state index in [1.54, 1.807) is 7.11 Å². The predicted molar refractivity (Wildman–Crippen MR) is 74.9 cm³/mol. The van der Waals surface area contributed by atoms with Crippen LogP contribution in [0.1, 0.15) is 23.6 Å². The molecule has 1 aliphatic rings. The van der Waals surface area contributed by atoms with Gasteiger partial charge in [0.25, 0.3) is 0 Å². The Hall–Kier alpha value is -0.900. The topological polar surface area (TPSA) is 24.5 Å². The van der Waals surface area contributed by atoms with Gasteiger partial charge in [-0.1, -0.05) is 24.3 Å². The van der Waals surface area contributed by atoms with Crippen molar-refractivity contribution in [2.75, 3.05) is 40.4 Å². The Balaban J connectivity index is 1.90. The summed E-state index contributed by atoms with van der Waals surface area (Å²) in [5, 5.41) is 3.62. The van der Waals surface area contributed by atoms with Crippen LogP contribution in [-0.2, 0) is 11.2 Å². The lowest BCUT2D eigenvalue weighted by Gasteiger charge is -2.30. The molecule has 0 radical (unpaired) electrons. The van der Waals surface area contributed by atoms with Crippen molar-refractivity contribution in [3.8, 4) is 0 Å². The van der Waals surface area contributed by atoms with E-state index in [4.69, 9.17) is 4.74 Å². The minimum absolute atomic E-state index is 0.475. The van der Waals surface area contributed by atoms with Crippen LogP contribution >= 0.6 is 0 Å². The largest absolute Gasteiger partial charge is 0.385 e. The summed E-state index contributed by atoms with van der Waals surface area (Å²) in [5.41, 5.74) is 2.98. The average molecular weight is 248 g/mol. The van der Waals surface area contributed by atoms with Crippen molar-refractivity contribution in [1.82, 2.24) is 10.2 Å². The van der Waals surface area contributed by atoms with Crippen molar-refractivity contribution in [1.29, 1.82) is 0 Å². The second kappa shape index (κ2) is 6.88. The molecule has 100 valence electrons. The van der Waals surface area contributed by atoms with Crippen LogP contribution in [0.3, 0.4) is 0 Å². The first-order valence-electron chi connectivity index (χ1n) is 6.80. The molecule has 1 heterocycles. The molecule has 1 aliphatic heterocycles. The molecule has 3 nitrogen and oxygen atoms in total. The highest BCUT2D eigenvalue weighted by molar-refractivity contribution is 5.32. The van der Waals surface area contributed by atoms with Crippen LogP contribution in [0, 0.1) is 0 Å². The molecule has 3 heteroatoms. The zero-order valence-corrected chi connectivity index (χ0v) is 11.5. The highest BCUT2D eigenvalue weighted by Gasteiger charge is 2.19. The van der Waals surface area contributed by atoms with Crippen molar-refractivity contribution in [3.63, 3.8) is 0 Å². The third-order valence-electron chi connectivity index (χ3n) is 3.60. The number of rotatable bonds is 6. The van der Waals surface area contributed by atoms with Gasteiger partial charge in [0, 0.05) is 32.8 Å². The van der Waals surface area contributed by atoms with E-state index in [1.807, 2.05) is 0 Å². The van der Waals surface area contributed by atoms with E-state index in [-0.39, 0.29) is 0 Å². The fourth-order valence-electron chi connectivity index (χ4n) is 2.64. The second-order valence-electron chi connectivity index (χ2n) is 5.06. The summed E-state index contributed by atoms with van der Waals surface area (Å²) >= 11 is 0. The van der Waals surface area contributed by atoms with Crippen LogP contribution in [0.4, 0.5) is 0 Å². The van der Waals surface area contributed by atoms with Crippen LogP contribution in [0.2, 0.25) is 0 Å². The summed E-state index contributed by atoms with van der Waals surface area (Å²) in [6.45, 7) is 4.10. The second-order valence-corrected chi connectivity index (χ2v) is 5.06. The molecule has 18 heavy (non-hydrogen) atoms. The first-order chi connectivity index (χ1) is 8.81. The van der Waals surface area contributed by atoms with E-state index >= 15 is 0 Å². The molecule has 1 aromatic rings. The number of nitrogens with one attached hydrogen (secondary N) is 1. The lowest BCUT2D eigenvalue weighted by Crippen LogP contribution is -2.38. The van der Waals surface area contributed by atoms with E-state index in [0.29, 0.717) is 6.04 Å². The fraction of sp³-hybridized carbons (Fsp3) is 0.600. The van der Waals surface area contributed by atoms with Crippen molar-refractivity contribution in [3.05, 3.63) is 35.4 Å². The summed E-state index contributed by atoms with van der Waals surface area (Å²) in [4.78, 5) is 2.39.